The molecule has 8 heteroatoms. The molecular formula is C23H20ClFN2O3S. The van der Waals surface area contributed by atoms with E-state index in [0.29, 0.717) is 32.2 Å². The largest absolute Gasteiger partial charge is 0.454 e. The van der Waals surface area contributed by atoms with Gasteiger partial charge >= 0.3 is 0 Å². The topological polar surface area (TPSA) is 51.1 Å². The molecule has 2 aromatic carbocycles. The van der Waals surface area contributed by atoms with Crippen molar-refractivity contribution in [3.05, 3.63) is 57.7 Å². The van der Waals surface area contributed by atoms with Crippen molar-refractivity contribution < 1.29 is 18.7 Å². The minimum atomic E-state index is -0.414. The number of carbonyl (C=O) groups is 1. The first-order valence-corrected chi connectivity index (χ1v) is 11.4. The average Bonchev–Trinajstić information content (AvgIpc) is 3.34. The summed E-state index contributed by atoms with van der Waals surface area (Å²) in [6.45, 7) is 0.147. The number of halogens is 2. The molecule has 0 bridgehead atoms. The molecule has 2 aromatic rings. The van der Waals surface area contributed by atoms with Gasteiger partial charge in [0.15, 0.2) is 16.7 Å². The van der Waals surface area contributed by atoms with Gasteiger partial charge in [-0.1, -0.05) is 43.0 Å². The Balaban J connectivity index is 1.53. The SMILES string of the molecule is O=C1/C(=C/c2cc3c(cc2Cl)OCO3)SC(=Nc2ccccc2F)N1C1CCCCC1. The normalized spacial score (nSPS) is 21.5. The molecule has 0 aromatic heterocycles. The van der Waals surface area contributed by atoms with Gasteiger partial charge in [-0.05, 0) is 54.4 Å². The molecule has 0 spiro atoms. The summed E-state index contributed by atoms with van der Waals surface area (Å²) in [5.74, 6) is 0.642. The van der Waals surface area contributed by atoms with Crippen LogP contribution < -0.4 is 9.47 Å². The predicted molar refractivity (Wildman–Crippen MR) is 120 cm³/mol. The summed E-state index contributed by atoms with van der Waals surface area (Å²) in [6, 6.07) is 9.86. The number of rotatable bonds is 3. The highest BCUT2D eigenvalue weighted by Gasteiger charge is 2.39. The standard InChI is InChI=1S/C23H20ClFN2O3S/c24-16-12-20-19(29-13-30-20)10-14(16)11-21-22(28)27(15-6-2-1-3-7-15)23(31-21)26-18-9-5-4-8-17(18)25/h4-5,8-12,15H,1-3,6-7,13H2/b21-11-,26-23?. The highest BCUT2D eigenvalue weighted by atomic mass is 35.5. The summed E-state index contributed by atoms with van der Waals surface area (Å²) in [5.41, 5.74) is 0.887. The van der Waals surface area contributed by atoms with E-state index in [1.54, 1.807) is 41.3 Å². The Labute approximate surface area is 188 Å². The molecule has 0 radical (unpaired) electrons. The molecule has 0 N–H and O–H groups in total. The molecule has 1 saturated heterocycles. The summed E-state index contributed by atoms with van der Waals surface area (Å²) in [7, 11) is 0. The lowest BCUT2D eigenvalue weighted by Crippen LogP contribution is -2.40. The van der Waals surface area contributed by atoms with Gasteiger partial charge in [-0.25, -0.2) is 9.38 Å². The number of fused-ring (bicyclic) bond motifs is 1. The minimum absolute atomic E-state index is 0.0670. The molecular weight excluding hydrogens is 439 g/mol. The Morgan fingerprint density at radius 2 is 1.87 bits per heavy atom. The predicted octanol–water partition coefficient (Wildman–Crippen LogP) is 6.14. The van der Waals surface area contributed by atoms with Crippen molar-refractivity contribution in [2.75, 3.05) is 6.79 Å². The summed E-state index contributed by atoms with van der Waals surface area (Å²) in [6.07, 6.45) is 6.89. The Bertz CT molecular complexity index is 1100. The Hall–Kier alpha value is -2.51. The van der Waals surface area contributed by atoms with E-state index in [4.69, 9.17) is 21.1 Å². The molecule has 1 aliphatic carbocycles. The van der Waals surface area contributed by atoms with E-state index in [2.05, 4.69) is 4.99 Å². The Morgan fingerprint density at radius 3 is 2.65 bits per heavy atom. The van der Waals surface area contributed by atoms with E-state index in [0.717, 1.165) is 25.7 Å². The van der Waals surface area contributed by atoms with E-state index in [-0.39, 0.29) is 24.4 Å². The van der Waals surface area contributed by atoms with Crippen LogP contribution in [0.4, 0.5) is 10.1 Å². The van der Waals surface area contributed by atoms with Gasteiger partial charge in [-0.2, -0.15) is 0 Å². The van der Waals surface area contributed by atoms with Crippen LogP contribution in [0.5, 0.6) is 11.5 Å². The van der Waals surface area contributed by atoms with Crippen LogP contribution in [0, 0.1) is 5.82 Å². The number of nitrogens with zero attached hydrogens (tertiary/aromatic N) is 2. The summed E-state index contributed by atoms with van der Waals surface area (Å²) >= 11 is 7.66. The van der Waals surface area contributed by atoms with Gasteiger partial charge in [-0.15, -0.1) is 0 Å². The fourth-order valence-corrected chi connectivity index (χ4v) is 5.31. The molecule has 3 aliphatic rings. The minimum Gasteiger partial charge on any atom is -0.454 e. The van der Waals surface area contributed by atoms with Crippen LogP contribution in [0.1, 0.15) is 37.7 Å². The number of amides is 1. The van der Waals surface area contributed by atoms with Gasteiger partial charge in [0.25, 0.3) is 5.91 Å². The number of carbonyl (C=O) groups excluding carboxylic acids is 1. The lowest BCUT2D eigenvalue weighted by molar-refractivity contribution is -0.124. The van der Waals surface area contributed by atoms with Crippen molar-refractivity contribution in [3.63, 3.8) is 0 Å². The molecule has 5 rings (SSSR count). The van der Waals surface area contributed by atoms with E-state index >= 15 is 0 Å². The maximum atomic E-state index is 14.3. The van der Waals surface area contributed by atoms with Gasteiger partial charge in [-0.3, -0.25) is 9.69 Å². The van der Waals surface area contributed by atoms with E-state index in [1.807, 2.05) is 0 Å². The fraction of sp³-hybridized carbons (Fsp3) is 0.304. The molecule has 1 amide bonds. The average molecular weight is 459 g/mol. The van der Waals surface area contributed by atoms with Gasteiger partial charge in [0.2, 0.25) is 6.79 Å². The maximum absolute atomic E-state index is 14.3. The third-order valence-corrected chi connectivity index (χ3v) is 6.93. The molecule has 2 fully saturated rings. The van der Waals surface area contributed by atoms with Gasteiger partial charge in [0, 0.05) is 12.1 Å². The fourth-order valence-electron chi connectivity index (χ4n) is 4.06. The van der Waals surface area contributed by atoms with E-state index in [1.165, 1.54) is 24.2 Å². The highest BCUT2D eigenvalue weighted by Crippen LogP contribution is 2.42. The Morgan fingerprint density at radius 1 is 1.13 bits per heavy atom. The highest BCUT2D eigenvalue weighted by molar-refractivity contribution is 8.18. The summed E-state index contributed by atoms with van der Waals surface area (Å²) < 4.78 is 25.0. The van der Waals surface area contributed by atoms with Crippen LogP contribution in [0.3, 0.4) is 0 Å². The first-order valence-electron chi connectivity index (χ1n) is 10.3. The molecule has 1 saturated carbocycles. The molecule has 160 valence electrons. The third-order valence-electron chi connectivity index (χ3n) is 5.62. The summed E-state index contributed by atoms with van der Waals surface area (Å²) in [4.78, 5) is 20.2. The van der Waals surface area contributed by atoms with Crippen LogP contribution in [-0.2, 0) is 4.79 Å². The van der Waals surface area contributed by atoms with Gasteiger partial charge < -0.3 is 9.47 Å². The number of amidine groups is 1. The molecule has 5 nitrogen and oxygen atoms in total. The van der Waals surface area contributed by atoms with Crippen molar-refractivity contribution >= 4 is 46.2 Å². The van der Waals surface area contributed by atoms with Crippen LogP contribution in [0.2, 0.25) is 5.02 Å². The lowest BCUT2D eigenvalue weighted by Gasteiger charge is -2.30. The van der Waals surface area contributed by atoms with Crippen LogP contribution >= 0.6 is 23.4 Å². The second kappa shape index (κ2) is 8.55. The molecule has 2 heterocycles. The molecule has 0 atom stereocenters. The quantitative estimate of drug-likeness (QED) is 0.518. The smallest absolute Gasteiger partial charge is 0.267 e. The zero-order valence-corrected chi connectivity index (χ0v) is 18.2. The maximum Gasteiger partial charge on any atom is 0.267 e. The first kappa shape index (κ1) is 20.4. The van der Waals surface area contributed by atoms with Crippen LogP contribution in [-0.4, -0.2) is 28.8 Å². The molecule has 0 unspecified atom stereocenters. The lowest BCUT2D eigenvalue weighted by atomic mass is 9.94. The van der Waals surface area contributed by atoms with Crippen molar-refractivity contribution in [1.29, 1.82) is 0 Å². The van der Waals surface area contributed by atoms with Crippen LogP contribution in [0.15, 0.2) is 46.3 Å². The third kappa shape index (κ3) is 4.04. The van der Waals surface area contributed by atoms with Crippen molar-refractivity contribution in [3.8, 4) is 11.5 Å². The van der Waals surface area contributed by atoms with Gasteiger partial charge in [0.05, 0.1) is 9.93 Å². The first-order chi connectivity index (χ1) is 15.1. The van der Waals surface area contributed by atoms with Crippen LogP contribution in [0.25, 0.3) is 6.08 Å². The van der Waals surface area contributed by atoms with Crippen molar-refractivity contribution in [1.82, 2.24) is 4.90 Å². The number of para-hydroxylation sites is 1. The van der Waals surface area contributed by atoms with Crippen molar-refractivity contribution in [2.45, 2.75) is 38.1 Å². The van der Waals surface area contributed by atoms with E-state index in [9.17, 15) is 9.18 Å². The number of aliphatic imine (C=N–C) groups is 1. The van der Waals surface area contributed by atoms with Gasteiger partial charge in [0.1, 0.15) is 11.5 Å². The number of ether oxygens (including phenoxy) is 2. The molecule has 2 aliphatic heterocycles. The Kier molecular flexibility index (Phi) is 5.63. The summed E-state index contributed by atoms with van der Waals surface area (Å²) in [5, 5.41) is 0.971. The number of benzene rings is 2. The van der Waals surface area contributed by atoms with Crippen molar-refractivity contribution in [2.24, 2.45) is 4.99 Å². The second-order valence-electron chi connectivity index (χ2n) is 7.65. The zero-order valence-electron chi connectivity index (χ0n) is 16.6. The monoisotopic (exact) mass is 458 g/mol. The van der Waals surface area contributed by atoms with E-state index < -0.39 is 5.82 Å². The zero-order chi connectivity index (χ0) is 21.4. The number of hydrogen-bond acceptors (Lipinski definition) is 5. The second-order valence-corrected chi connectivity index (χ2v) is 9.07. The number of hydrogen-bond donors (Lipinski definition) is 0. The number of thioether (sulfide) groups is 1. The molecule has 31 heavy (non-hydrogen) atoms.